The summed E-state index contributed by atoms with van der Waals surface area (Å²) in [5, 5.41) is 2.61. The molecule has 1 heteroatoms. The molecule has 0 aliphatic carbocycles. The Labute approximate surface area is 89.5 Å². The number of benzene rings is 2. The maximum Gasteiger partial charge on any atom is 0.0480 e. The van der Waals surface area contributed by atoms with Crippen molar-refractivity contribution in [3.63, 3.8) is 0 Å². The first-order valence-electron chi connectivity index (χ1n) is 4.78. The number of halogens is 1. The van der Waals surface area contributed by atoms with Crippen LogP contribution in [0.1, 0.15) is 16.7 Å². The first kappa shape index (κ1) is 9.54. The standard InChI is InChI=1S/C13H13Cl/c1-9-7-11(8-14)13-6-4-3-5-12(13)10(9)2/h3-7H,8H2,1-2H3. The number of fused-ring (bicyclic) bond motifs is 1. The van der Waals surface area contributed by atoms with Gasteiger partial charge in [0, 0.05) is 5.88 Å². The van der Waals surface area contributed by atoms with E-state index >= 15 is 0 Å². The van der Waals surface area contributed by atoms with E-state index < -0.39 is 0 Å². The Hall–Kier alpha value is -1.01. The molecule has 2 aromatic carbocycles. The molecule has 0 aromatic heterocycles. The molecule has 0 bridgehead atoms. The lowest BCUT2D eigenvalue weighted by Gasteiger charge is -2.09. The minimum Gasteiger partial charge on any atom is -0.122 e. The summed E-state index contributed by atoms with van der Waals surface area (Å²) < 4.78 is 0. The van der Waals surface area contributed by atoms with Gasteiger partial charge in [0.15, 0.2) is 0 Å². The average molecular weight is 205 g/mol. The molecule has 0 radical (unpaired) electrons. The van der Waals surface area contributed by atoms with Crippen LogP contribution < -0.4 is 0 Å². The Morgan fingerprint density at radius 2 is 1.71 bits per heavy atom. The first-order valence-corrected chi connectivity index (χ1v) is 5.31. The van der Waals surface area contributed by atoms with Gasteiger partial charge >= 0.3 is 0 Å². The van der Waals surface area contributed by atoms with Crippen molar-refractivity contribution in [3.05, 3.63) is 47.0 Å². The molecule has 0 atom stereocenters. The Morgan fingerprint density at radius 1 is 1.07 bits per heavy atom. The van der Waals surface area contributed by atoms with Gasteiger partial charge in [0.1, 0.15) is 0 Å². The van der Waals surface area contributed by atoms with Crippen LogP contribution >= 0.6 is 11.6 Å². The van der Waals surface area contributed by atoms with E-state index in [2.05, 4.69) is 44.2 Å². The van der Waals surface area contributed by atoms with Gasteiger partial charge in [-0.05, 0) is 41.3 Å². The summed E-state index contributed by atoms with van der Waals surface area (Å²) >= 11 is 5.93. The van der Waals surface area contributed by atoms with E-state index in [0.717, 1.165) is 0 Å². The monoisotopic (exact) mass is 204 g/mol. The van der Waals surface area contributed by atoms with Crippen molar-refractivity contribution in [2.75, 3.05) is 0 Å². The molecule has 0 aliphatic heterocycles. The number of hydrogen-bond acceptors (Lipinski definition) is 0. The average Bonchev–Trinajstić information content (AvgIpc) is 2.23. The van der Waals surface area contributed by atoms with Gasteiger partial charge in [-0.1, -0.05) is 30.3 Å². The van der Waals surface area contributed by atoms with E-state index in [1.807, 2.05) is 0 Å². The summed E-state index contributed by atoms with van der Waals surface area (Å²) in [6.45, 7) is 4.30. The second kappa shape index (κ2) is 3.62. The fourth-order valence-corrected chi connectivity index (χ4v) is 2.08. The zero-order chi connectivity index (χ0) is 10.1. The Kier molecular flexibility index (Phi) is 2.47. The minimum absolute atomic E-state index is 0.585. The highest BCUT2D eigenvalue weighted by molar-refractivity contribution is 6.18. The second-order valence-corrected chi connectivity index (χ2v) is 3.92. The van der Waals surface area contributed by atoms with Gasteiger partial charge in [-0.2, -0.15) is 0 Å². The molecular formula is C13H13Cl. The van der Waals surface area contributed by atoms with Crippen molar-refractivity contribution in [3.8, 4) is 0 Å². The van der Waals surface area contributed by atoms with E-state index in [1.165, 1.54) is 27.5 Å². The molecule has 0 fully saturated rings. The molecule has 0 N–H and O–H groups in total. The van der Waals surface area contributed by atoms with Crippen molar-refractivity contribution in [1.29, 1.82) is 0 Å². The van der Waals surface area contributed by atoms with Crippen molar-refractivity contribution < 1.29 is 0 Å². The number of hydrogen-bond donors (Lipinski definition) is 0. The van der Waals surface area contributed by atoms with Crippen LogP contribution in [0.15, 0.2) is 30.3 Å². The van der Waals surface area contributed by atoms with Crippen LogP contribution in [0.5, 0.6) is 0 Å². The van der Waals surface area contributed by atoms with E-state index in [4.69, 9.17) is 11.6 Å². The normalized spacial score (nSPS) is 10.8. The molecule has 0 amide bonds. The van der Waals surface area contributed by atoms with Crippen LogP contribution in [0.25, 0.3) is 10.8 Å². The molecule has 2 rings (SSSR count). The van der Waals surface area contributed by atoms with Gasteiger partial charge in [0.25, 0.3) is 0 Å². The van der Waals surface area contributed by atoms with E-state index in [9.17, 15) is 0 Å². The minimum atomic E-state index is 0.585. The molecule has 0 unspecified atom stereocenters. The summed E-state index contributed by atoms with van der Waals surface area (Å²) in [7, 11) is 0. The lowest BCUT2D eigenvalue weighted by atomic mass is 9.97. The zero-order valence-corrected chi connectivity index (χ0v) is 9.23. The molecule has 0 saturated heterocycles. The third-order valence-electron chi connectivity index (χ3n) is 2.80. The third-order valence-corrected chi connectivity index (χ3v) is 3.09. The maximum absolute atomic E-state index is 5.93. The maximum atomic E-state index is 5.93. The topological polar surface area (TPSA) is 0 Å². The summed E-state index contributed by atoms with van der Waals surface area (Å²) in [4.78, 5) is 0. The van der Waals surface area contributed by atoms with Crippen LogP contribution in [-0.2, 0) is 5.88 Å². The van der Waals surface area contributed by atoms with E-state index in [-0.39, 0.29) is 0 Å². The van der Waals surface area contributed by atoms with Crippen LogP contribution in [0, 0.1) is 13.8 Å². The van der Waals surface area contributed by atoms with Crippen LogP contribution in [0.2, 0.25) is 0 Å². The van der Waals surface area contributed by atoms with Crippen molar-refractivity contribution in [1.82, 2.24) is 0 Å². The van der Waals surface area contributed by atoms with Gasteiger partial charge in [0.05, 0.1) is 0 Å². The molecule has 0 spiro atoms. The predicted molar refractivity (Wildman–Crippen MR) is 63.0 cm³/mol. The summed E-state index contributed by atoms with van der Waals surface area (Å²) in [6, 6.07) is 10.6. The van der Waals surface area contributed by atoms with Crippen molar-refractivity contribution in [2.24, 2.45) is 0 Å². The number of aryl methyl sites for hydroxylation is 2. The van der Waals surface area contributed by atoms with Gasteiger partial charge in [-0.3, -0.25) is 0 Å². The predicted octanol–water partition coefficient (Wildman–Crippen LogP) is 4.20. The lowest BCUT2D eigenvalue weighted by molar-refractivity contribution is 1.33. The van der Waals surface area contributed by atoms with Crippen molar-refractivity contribution in [2.45, 2.75) is 19.7 Å². The molecule has 72 valence electrons. The molecule has 0 saturated carbocycles. The Bertz CT molecular complexity index is 472. The molecular weight excluding hydrogens is 192 g/mol. The number of rotatable bonds is 1. The fraction of sp³-hybridized carbons (Fsp3) is 0.231. The Balaban J connectivity index is 2.89. The smallest absolute Gasteiger partial charge is 0.0480 e. The largest absolute Gasteiger partial charge is 0.122 e. The van der Waals surface area contributed by atoms with E-state index in [0.29, 0.717) is 5.88 Å². The third kappa shape index (κ3) is 1.40. The van der Waals surface area contributed by atoms with Gasteiger partial charge in [-0.15, -0.1) is 11.6 Å². The summed E-state index contributed by atoms with van der Waals surface area (Å²) in [6.07, 6.45) is 0. The highest BCUT2D eigenvalue weighted by Crippen LogP contribution is 2.26. The summed E-state index contributed by atoms with van der Waals surface area (Å²) in [5.74, 6) is 0.585. The highest BCUT2D eigenvalue weighted by Gasteiger charge is 2.04. The summed E-state index contributed by atoms with van der Waals surface area (Å²) in [5.41, 5.74) is 3.90. The van der Waals surface area contributed by atoms with Crippen LogP contribution in [0.4, 0.5) is 0 Å². The fourth-order valence-electron chi connectivity index (χ4n) is 1.86. The van der Waals surface area contributed by atoms with Gasteiger partial charge < -0.3 is 0 Å². The lowest BCUT2D eigenvalue weighted by Crippen LogP contribution is -1.89. The number of alkyl halides is 1. The SMILES string of the molecule is Cc1cc(CCl)c2ccccc2c1C. The molecule has 14 heavy (non-hydrogen) atoms. The zero-order valence-electron chi connectivity index (χ0n) is 8.47. The molecule has 0 heterocycles. The van der Waals surface area contributed by atoms with Crippen LogP contribution in [0.3, 0.4) is 0 Å². The first-order chi connectivity index (χ1) is 6.74. The highest BCUT2D eigenvalue weighted by atomic mass is 35.5. The second-order valence-electron chi connectivity index (χ2n) is 3.66. The molecule has 0 nitrogen and oxygen atoms in total. The van der Waals surface area contributed by atoms with E-state index in [1.54, 1.807) is 0 Å². The molecule has 0 aliphatic rings. The Morgan fingerprint density at radius 3 is 2.36 bits per heavy atom. The van der Waals surface area contributed by atoms with Crippen molar-refractivity contribution >= 4 is 22.4 Å². The molecule has 2 aromatic rings. The van der Waals surface area contributed by atoms with Crippen LogP contribution in [-0.4, -0.2) is 0 Å². The van der Waals surface area contributed by atoms with Gasteiger partial charge in [0.2, 0.25) is 0 Å². The quantitative estimate of drug-likeness (QED) is 0.611. The van der Waals surface area contributed by atoms with Gasteiger partial charge in [-0.25, -0.2) is 0 Å².